The van der Waals surface area contributed by atoms with Crippen LogP contribution in [0.1, 0.15) is 23.7 Å². The van der Waals surface area contributed by atoms with Gasteiger partial charge in [0.15, 0.2) is 5.78 Å². The van der Waals surface area contributed by atoms with Crippen molar-refractivity contribution in [1.82, 2.24) is 4.57 Å². The van der Waals surface area contributed by atoms with Crippen LogP contribution in [0.2, 0.25) is 0 Å². The molecule has 5 heteroatoms. The number of hydrogen-bond acceptors (Lipinski definition) is 4. The van der Waals surface area contributed by atoms with E-state index >= 15 is 0 Å². The Morgan fingerprint density at radius 1 is 1.33 bits per heavy atom. The number of ether oxygens (including phenoxy) is 1. The Hall–Kier alpha value is -1.62. The topological polar surface area (TPSA) is 51.5 Å². The Balaban J connectivity index is 2.50. The number of rotatable bonds is 3. The third kappa shape index (κ3) is 2.31. The molecule has 1 aromatic heterocycles. The summed E-state index contributed by atoms with van der Waals surface area (Å²) < 4.78 is 6.85. The van der Waals surface area contributed by atoms with Crippen LogP contribution in [0.15, 0.2) is 16.9 Å². The molecule has 0 aliphatic carbocycles. The predicted molar refractivity (Wildman–Crippen MR) is 69.3 cm³/mol. The van der Waals surface area contributed by atoms with Crippen LogP contribution in [0.4, 0.5) is 5.82 Å². The second-order valence-electron chi connectivity index (χ2n) is 4.34. The van der Waals surface area contributed by atoms with Gasteiger partial charge < -0.3 is 9.64 Å². The molecule has 0 radical (unpaired) electrons. The zero-order valence-corrected chi connectivity index (χ0v) is 10.8. The molecule has 0 saturated carbocycles. The molecule has 0 bridgehead atoms. The van der Waals surface area contributed by atoms with E-state index in [0.29, 0.717) is 38.3 Å². The summed E-state index contributed by atoms with van der Waals surface area (Å²) in [5, 5.41) is 0. The Morgan fingerprint density at radius 3 is 2.61 bits per heavy atom. The van der Waals surface area contributed by atoms with Gasteiger partial charge in [-0.1, -0.05) is 6.92 Å². The largest absolute Gasteiger partial charge is 0.378 e. The first kappa shape index (κ1) is 12.8. The average Bonchev–Trinajstić information content (AvgIpc) is 2.41. The Kier molecular flexibility index (Phi) is 3.81. The third-order valence-corrected chi connectivity index (χ3v) is 3.21. The van der Waals surface area contributed by atoms with Crippen LogP contribution in [0, 0.1) is 0 Å². The third-order valence-electron chi connectivity index (χ3n) is 3.21. The molecule has 1 saturated heterocycles. The number of hydrogen-bond donors (Lipinski definition) is 0. The maximum absolute atomic E-state index is 12.0. The second kappa shape index (κ2) is 5.35. The predicted octanol–water partition coefficient (Wildman–Crippen LogP) is 0.815. The van der Waals surface area contributed by atoms with Gasteiger partial charge in [-0.2, -0.15) is 0 Å². The minimum atomic E-state index is -0.0934. The lowest BCUT2D eigenvalue weighted by Crippen LogP contribution is -2.40. The number of pyridine rings is 1. The maximum atomic E-state index is 12.0. The molecule has 0 amide bonds. The van der Waals surface area contributed by atoms with Crippen molar-refractivity contribution >= 4 is 11.6 Å². The molecule has 1 fully saturated rings. The molecule has 0 N–H and O–H groups in total. The van der Waals surface area contributed by atoms with Crippen molar-refractivity contribution in [2.75, 3.05) is 31.2 Å². The van der Waals surface area contributed by atoms with E-state index in [1.807, 2.05) is 11.8 Å². The molecule has 2 heterocycles. The van der Waals surface area contributed by atoms with E-state index in [1.165, 1.54) is 6.07 Å². The number of ketones is 1. The molecular weight excluding hydrogens is 232 g/mol. The van der Waals surface area contributed by atoms with Crippen LogP contribution in [0.5, 0.6) is 0 Å². The van der Waals surface area contributed by atoms with E-state index in [0.717, 1.165) is 5.82 Å². The number of carbonyl (C=O) groups is 1. The number of nitrogens with zero attached hydrogens (tertiary/aromatic N) is 2. The quantitative estimate of drug-likeness (QED) is 0.745. The van der Waals surface area contributed by atoms with Crippen LogP contribution < -0.4 is 10.5 Å². The van der Waals surface area contributed by atoms with Crippen LogP contribution in [0.3, 0.4) is 0 Å². The van der Waals surface area contributed by atoms with Gasteiger partial charge in [0.25, 0.3) is 5.56 Å². The van der Waals surface area contributed by atoms with Gasteiger partial charge in [0.2, 0.25) is 0 Å². The number of Topliss-reactive ketones (excluding diaryl/α,β-unsaturated/α-hetero) is 1. The molecule has 0 spiro atoms. The van der Waals surface area contributed by atoms with Gasteiger partial charge in [-0.05, 0) is 6.07 Å². The van der Waals surface area contributed by atoms with Crippen LogP contribution in [0.25, 0.3) is 0 Å². The summed E-state index contributed by atoms with van der Waals surface area (Å²) in [6.07, 6.45) is 0.440. The lowest BCUT2D eigenvalue weighted by atomic mass is 10.1. The normalized spacial score (nSPS) is 15.8. The smallest absolute Gasteiger partial charge is 0.251 e. The highest BCUT2D eigenvalue weighted by atomic mass is 16.5. The van der Waals surface area contributed by atoms with Crippen LogP contribution in [-0.4, -0.2) is 36.7 Å². The van der Waals surface area contributed by atoms with Crippen molar-refractivity contribution in [3.8, 4) is 0 Å². The number of aromatic nitrogens is 1. The van der Waals surface area contributed by atoms with E-state index in [2.05, 4.69) is 0 Å². The number of carbonyl (C=O) groups excluding carboxylic acids is 1. The van der Waals surface area contributed by atoms with Gasteiger partial charge in [0.05, 0.1) is 18.8 Å². The molecule has 1 aliphatic heterocycles. The van der Waals surface area contributed by atoms with Gasteiger partial charge in [-0.3, -0.25) is 14.2 Å². The summed E-state index contributed by atoms with van der Waals surface area (Å²) in [5.41, 5.74) is 0.533. The summed E-state index contributed by atoms with van der Waals surface area (Å²) in [7, 11) is 1.71. The first-order valence-corrected chi connectivity index (χ1v) is 6.21. The van der Waals surface area contributed by atoms with Crippen LogP contribution >= 0.6 is 0 Å². The van der Waals surface area contributed by atoms with Gasteiger partial charge in [0, 0.05) is 32.6 Å². The van der Waals surface area contributed by atoms with E-state index in [1.54, 1.807) is 17.7 Å². The first-order valence-electron chi connectivity index (χ1n) is 6.21. The van der Waals surface area contributed by atoms with Crippen LogP contribution in [-0.2, 0) is 11.8 Å². The monoisotopic (exact) mass is 250 g/mol. The fraction of sp³-hybridized carbons (Fsp3) is 0.538. The Labute approximate surface area is 106 Å². The summed E-state index contributed by atoms with van der Waals surface area (Å²) in [6.45, 7) is 4.50. The summed E-state index contributed by atoms with van der Waals surface area (Å²) >= 11 is 0. The minimum Gasteiger partial charge on any atom is -0.378 e. The number of anilines is 1. The molecule has 1 aromatic rings. The highest BCUT2D eigenvalue weighted by Crippen LogP contribution is 2.20. The zero-order valence-electron chi connectivity index (χ0n) is 10.8. The van der Waals surface area contributed by atoms with Gasteiger partial charge in [-0.15, -0.1) is 0 Å². The highest BCUT2D eigenvalue weighted by molar-refractivity contribution is 6.00. The molecule has 2 rings (SSSR count). The molecule has 0 atom stereocenters. The Morgan fingerprint density at radius 2 is 2.00 bits per heavy atom. The molecular formula is C13H18N2O3. The second-order valence-corrected chi connectivity index (χ2v) is 4.34. The molecule has 18 heavy (non-hydrogen) atoms. The first-order chi connectivity index (χ1) is 8.65. The molecule has 0 aromatic carbocycles. The van der Waals surface area contributed by atoms with Crippen molar-refractivity contribution in [2.45, 2.75) is 13.3 Å². The minimum absolute atomic E-state index is 0.0621. The van der Waals surface area contributed by atoms with E-state index in [-0.39, 0.29) is 11.3 Å². The van der Waals surface area contributed by atoms with Crippen molar-refractivity contribution in [2.24, 2.45) is 7.05 Å². The summed E-state index contributed by atoms with van der Waals surface area (Å²) in [5.74, 6) is 0.782. The molecule has 0 unspecified atom stereocenters. The van der Waals surface area contributed by atoms with Crippen molar-refractivity contribution in [3.63, 3.8) is 0 Å². The van der Waals surface area contributed by atoms with Gasteiger partial charge >= 0.3 is 0 Å². The fourth-order valence-corrected chi connectivity index (χ4v) is 2.19. The van der Waals surface area contributed by atoms with Crippen molar-refractivity contribution in [3.05, 3.63) is 28.0 Å². The Bertz CT molecular complexity index is 501. The molecule has 5 nitrogen and oxygen atoms in total. The average molecular weight is 250 g/mol. The van der Waals surface area contributed by atoms with E-state index in [4.69, 9.17) is 4.74 Å². The number of morpholine rings is 1. The van der Waals surface area contributed by atoms with Gasteiger partial charge in [-0.25, -0.2) is 0 Å². The molecule has 98 valence electrons. The molecule has 1 aliphatic rings. The van der Waals surface area contributed by atoms with Crippen molar-refractivity contribution in [1.29, 1.82) is 0 Å². The highest BCUT2D eigenvalue weighted by Gasteiger charge is 2.20. The lowest BCUT2D eigenvalue weighted by Gasteiger charge is -2.31. The zero-order chi connectivity index (χ0) is 13.1. The SMILES string of the molecule is CCC(=O)c1ccc(=O)n(C)c1N1CCOCC1. The standard InChI is InChI=1S/C13H18N2O3/c1-3-11(16)10-4-5-12(17)14(2)13(10)15-6-8-18-9-7-15/h4-5H,3,6-9H2,1-2H3. The summed E-state index contributed by atoms with van der Waals surface area (Å²) in [6, 6.07) is 3.09. The maximum Gasteiger partial charge on any atom is 0.251 e. The fourth-order valence-electron chi connectivity index (χ4n) is 2.19. The van der Waals surface area contributed by atoms with E-state index in [9.17, 15) is 9.59 Å². The lowest BCUT2D eigenvalue weighted by molar-refractivity contribution is 0.0985. The van der Waals surface area contributed by atoms with E-state index < -0.39 is 0 Å². The summed E-state index contributed by atoms with van der Waals surface area (Å²) in [4.78, 5) is 25.8. The van der Waals surface area contributed by atoms with Crippen molar-refractivity contribution < 1.29 is 9.53 Å². The van der Waals surface area contributed by atoms with Gasteiger partial charge in [0.1, 0.15) is 5.82 Å².